The molecule has 0 spiro atoms. The number of methoxy groups -OCH3 is 1. The number of carboxylic acid groups (broad SMARTS) is 1. The number of alkyl halides is 3. The van der Waals surface area contributed by atoms with Crippen LogP contribution in [0.15, 0.2) is 48.5 Å². The first kappa shape index (κ1) is 26.8. The average Bonchev–Trinajstić information content (AvgIpc) is 3.75. The van der Waals surface area contributed by atoms with E-state index in [1.807, 2.05) is 6.07 Å². The van der Waals surface area contributed by atoms with Crippen LogP contribution in [0.4, 0.5) is 17.6 Å². The van der Waals surface area contributed by atoms with Gasteiger partial charge < -0.3 is 19.3 Å². The second-order valence-corrected chi connectivity index (χ2v) is 9.92. The fourth-order valence-corrected chi connectivity index (χ4v) is 5.14. The second kappa shape index (κ2) is 10.4. The van der Waals surface area contributed by atoms with Crippen molar-refractivity contribution in [2.45, 2.75) is 44.4 Å². The zero-order chi connectivity index (χ0) is 27.9. The predicted octanol–water partition coefficient (Wildman–Crippen LogP) is 7.03. The van der Waals surface area contributed by atoms with Crippen LogP contribution in [0.25, 0.3) is 11.1 Å². The molecule has 0 unspecified atom stereocenters. The number of hydrogen-bond acceptors (Lipinski definition) is 5. The van der Waals surface area contributed by atoms with E-state index in [0.29, 0.717) is 11.5 Å². The van der Waals surface area contributed by atoms with E-state index in [9.17, 15) is 27.5 Å². The van der Waals surface area contributed by atoms with E-state index in [1.165, 1.54) is 31.4 Å². The first-order chi connectivity index (χ1) is 18.6. The van der Waals surface area contributed by atoms with Gasteiger partial charge in [-0.1, -0.05) is 19.1 Å². The maximum atomic E-state index is 14.6. The highest BCUT2D eigenvalue weighted by Crippen LogP contribution is 2.49. The zero-order valence-corrected chi connectivity index (χ0v) is 21.3. The third-order valence-corrected chi connectivity index (χ3v) is 7.30. The van der Waals surface area contributed by atoms with Gasteiger partial charge in [-0.25, -0.2) is 9.37 Å². The molecular formula is C29H27F4NO5. The Kier molecular flexibility index (Phi) is 7.13. The molecule has 5 rings (SSSR count). The molecule has 3 aromatic rings. The van der Waals surface area contributed by atoms with Crippen molar-refractivity contribution in [3.63, 3.8) is 0 Å². The van der Waals surface area contributed by atoms with Gasteiger partial charge in [-0.05, 0) is 66.6 Å². The molecule has 2 aliphatic rings. The van der Waals surface area contributed by atoms with Gasteiger partial charge in [-0.15, -0.1) is 0 Å². The van der Waals surface area contributed by atoms with Crippen molar-refractivity contribution in [3.05, 3.63) is 71.3 Å². The van der Waals surface area contributed by atoms with Gasteiger partial charge in [0.2, 0.25) is 0 Å². The van der Waals surface area contributed by atoms with Gasteiger partial charge in [0.25, 0.3) is 0 Å². The molecule has 1 aliphatic heterocycles. The Morgan fingerprint density at radius 3 is 2.49 bits per heavy atom. The lowest BCUT2D eigenvalue weighted by Gasteiger charge is -2.23. The second-order valence-electron chi connectivity index (χ2n) is 9.92. The Morgan fingerprint density at radius 2 is 1.82 bits per heavy atom. The maximum absolute atomic E-state index is 14.6. The van der Waals surface area contributed by atoms with Crippen molar-refractivity contribution in [1.29, 1.82) is 0 Å². The topological polar surface area (TPSA) is 77.9 Å². The van der Waals surface area contributed by atoms with Crippen molar-refractivity contribution in [2.75, 3.05) is 13.7 Å². The predicted molar refractivity (Wildman–Crippen MR) is 133 cm³/mol. The van der Waals surface area contributed by atoms with E-state index in [-0.39, 0.29) is 41.9 Å². The van der Waals surface area contributed by atoms with Gasteiger partial charge in [0.05, 0.1) is 25.3 Å². The van der Waals surface area contributed by atoms with E-state index in [1.54, 1.807) is 19.1 Å². The van der Waals surface area contributed by atoms with Crippen LogP contribution in [0.5, 0.6) is 17.2 Å². The van der Waals surface area contributed by atoms with Crippen LogP contribution < -0.4 is 14.2 Å². The van der Waals surface area contributed by atoms with E-state index >= 15 is 0 Å². The molecule has 0 saturated heterocycles. The van der Waals surface area contributed by atoms with Crippen molar-refractivity contribution in [1.82, 2.24) is 4.98 Å². The van der Waals surface area contributed by atoms with E-state index in [0.717, 1.165) is 24.5 Å². The minimum atomic E-state index is -4.86. The van der Waals surface area contributed by atoms with Gasteiger partial charge >= 0.3 is 12.1 Å². The molecule has 1 N–H and O–H groups in total. The van der Waals surface area contributed by atoms with Crippen molar-refractivity contribution >= 4 is 5.97 Å². The number of carbonyl (C=O) groups is 1. The molecule has 1 fully saturated rings. The maximum Gasteiger partial charge on any atom is 0.433 e. The van der Waals surface area contributed by atoms with Crippen LogP contribution in [-0.2, 0) is 11.0 Å². The Morgan fingerprint density at radius 1 is 1.05 bits per heavy atom. The Bertz CT molecular complexity index is 1390. The molecule has 1 saturated carbocycles. The molecule has 0 radical (unpaired) electrons. The number of ether oxygens (including phenoxy) is 3. The van der Waals surface area contributed by atoms with Crippen molar-refractivity contribution in [2.24, 2.45) is 11.8 Å². The summed E-state index contributed by atoms with van der Waals surface area (Å²) in [7, 11) is 1.34. The smallest absolute Gasteiger partial charge is 0.433 e. The average molecular weight is 546 g/mol. The van der Waals surface area contributed by atoms with Crippen molar-refractivity contribution < 1.29 is 41.7 Å². The van der Waals surface area contributed by atoms with Crippen molar-refractivity contribution in [3.8, 4) is 28.4 Å². The number of halogens is 4. The summed E-state index contributed by atoms with van der Waals surface area (Å²) in [6.07, 6.45) is -3.65. The Hall–Kier alpha value is -3.82. The summed E-state index contributed by atoms with van der Waals surface area (Å²) in [5.41, 5.74) is -1.12. The third-order valence-electron chi connectivity index (χ3n) is 7.30. The van der Waals surface area contributed by atoms with Crippen LogP contribution in [0.1, 0.15) is 55.2 Å². The molecule has 3 atom stereocenters. The minimum absolute atomic E-state index is 0.0221. The van der Waals surface area contributed by atoms with Crippen LogP contribution in [0.2, 0.25) is 0 Å². The summed E-state index contributed by atoms with van der Waals surface area (Å²) >= 11 is 0. The standard InChI is InChI=1S/C29H27F4NO5/c1-15(28(35)36)26(16-3-4-16)17-5-10-24-25(13-17)39-23(11-12-38-24)22-9-7-19(27(34-22)29(31,32)33)20-14-18(37-2)6-8-21(20)30/h5-10,13-16,23,26H,3-4,11-12H2,1-2H3,(H,35,36)/t15-,23-,26-/m0/s1. The molecule has 1 aliphatic carbocycles. The normalized spacial score (nSPS) is 18.7. The Balaban J connectivity index is 1.51. The monoisotopic (exact) mass is 545 g/mol. The number of benzene rings is 2. The zero-order valence-electron chi connectivity index (χ0n) is 21.3. The summed E-state index contributed by atoms with van der Waals surface area (Å²) in [6.45, 7) is 1.84. The summed E-state index contributed by atoms with van der Waals surface area (Å²) in [4.78, 5) is 15.7. The van der Waals surface area contributed by atoms with E-state index in [4.69, 9.17) is 14.2 Å². The first-order valence-electron chi connectivity index (χ1n) is 12.6. The van der Waals surface area contributed by atoms with Crippen LogP contribution in [-0.4, -0.2) is 29.8 Å². The van der Waals surface area contributed by atoms with Crippen LogP contribution in [0, 0.1) is 17.7 Å². The largest absolute Gasteiger partial charge is 0.497 e. The fraction of sp³-hybridized carbons (Fsp3) is 0.379. The highest BCUT2D eigenvalue weighted by Gasteiger charge is 2.40. The highest BCUT2D eigenvalue weighted by molar-refractivity contribution is 5.71. The summed E-state index contributed by atoms with van der Waals surface area (Å²) < 4.78 is 74.0. The van der Waals surface area contributed by atoms with E-state index < -0.39 is 41.2 Å². The Labute approximate surface area is 222 Å². The molecular weight excluding hydrogens is 518 g/mol. The molecule has 6 nitrogen and oxygen atoms in total. The third kappa shape index (κ3) is 5.51. The molecule has 2 heterocycles. The van der Waals surface area contributed by atoms with Gasteiger partial charge in [0.15, 0.2) is 17.2 Å². The summed E-state index contributed by atoms with van der Waals surface area (Å²) in [6, 6.07) is 11.4. The van der Waals surface area contributed by atoms with Gasteiger partial charge in [-0.3, -0.25) is 4.79 Å². The first-order valence-corrected chi connectivity index (χ1v) is 12.6. The number of pyridine rings is 1. The molecule has 2 aromatic carbocycles. The molecule has 206 valence electrons. The number of rotatable bonds is 7. The van der Waals surface area contributed by atoms with Gasteiger partial charge in [0, 0.05) is 17.5 Å². The quantitative estimate of drug-likeness (QED) is 0.321. The summed E-state index contributed by atoms with van der Waals surface area (Å²) in [5.74, 6) is -1.37. The molecule has 10 heteroatoms. The molecule has 0 amide bonds. The molecule has 39 heavy (non-hydrogen) atoms. The summed E-state index contributed by atoms with van der Waals surface area (Å²) in [5, 5.41) is 9.62. The van der Waals surface area contributed by atoms with Gasteiger partial charge in [0.1, 0.15) is 17.7 Å². The van der Waals surface area contributed by atoms with Crippen LogP contribution >= 0.6 is 0 Å². The number of carboxylic acids is 1. The molecule has 1 aromatic heterocycles. The minimum Gasteiger partial charge on any atom is -0.497 e. The van der Waals surface area contributed by atoms with Gasteiger partial charge in [-0.2, -0.15) is 13.2 Å². The lowest BCUT2D eigenvalue weighted by Crippen LogP contribution is -2.20. The van der Waals surface area contributed by atoms with Crippen LogP contribution in [0.3, 0.4) is 0 Å². The SMILES string of the molecule is COc1ccc(F)c(-c2ccc([C@@H]3CCOc4ccc([C@H](C5CC5)[C@H](C)C(=O)O)cc4O3)nc2C(F)(F)F)c1. The highest BCUT2D eigenvalue weighted by atomic mass is 19.4. The fourth-order valence-electron chi connectivity index (χ4n) is 5.14. The molecule has 0 bridgehead atoms. The number of aliphatic carboxylic acids is 1. The number of fused-ring (bicyclic) bond motifs is 1. The van der Waals surface area contributed by atoms with E-state index in [2.05, 4.69) is 4.98 Å². The number of hydrogen-bond donors (Lipinski definition) is 1. The number of aromatic nitrogens is 1. The number of nitrogens with zero attached hydrogens (tertiary/aromatic N) is 1. The lowest BCUT2D eigenvalue weighted by molar-refractivity contribution is -0.142. The lowest BCUT2D eigenvalue weighted by atomic mass is 9.83.